The van der Waals surface area contributed by atoms with Gasteiger partial charge in [0.2, 0.25) is 0 Å². The van der Waals surface area contributed by atoms with Gasteiger partial charge in [0.1, 0.15) is 0 Å². The zero-order chi connectivity index (χ0) is 19.3. The molecule has 2 heterocycles. The summed E-state index contributed by atoms with van der Waals surface area (Å²) in [6, 6.07) is 20.1. The summed E-state index contributed by atoms with van der Waals surface area (Å²) in [7, 11) is 0. The predicted octanol–water partition coefficient (Wildman–Crippen LogP) is 5.38. The third-order valence-electron chi connectivity index (χ3n) is 3.94. The Balaban J connectivity index is 1.40. The van der Waals surface area contributed by atoms with Crippen molar-refractivity contribution in [3.8, 4) is 11.3 Å². The van der Waals surface area contributed by atoms with Crippen LogP contribution in [0.25, 0.3) is 11.3 Å². The fourth-order valence-electron chi connectivity index (χ4n) is 2.55. The molecule has 2 amide bonds. The van der Waals surface area contributed by atoms with E-state index in [1.54, 1.807) is 30.3 Å². The topological polar surface area (TPSA) is 71.1 Å². The largest absolute Gasteiger partial charge is 0.321 e. The van der Waals surface area contributed by atoms with Crippen LogP contribution in [0.3, 0.4) is 0 Å². The van der Waals surface area contributed by atoms with E-state index in [0.29, 0.717) is 21.3 Å². The average Bonchev–Trinajstić information content (AvgIpc) is 3.41. The molecule has 0 radical (unpaired) electrons. The molecule has 7 heteroatoms. The lowest BCUT2D eigenvalue weighted by Crippen LogP contribution is -2.13. The van der Waals surface area contributed by atoms with Crippen LogP contribution in [0.2, 0.25) is 0 Å². The third-order valence-corrected chi connectivity index (χ3v) is 5.57. The van der Waals surface area contributed by atoms with Gasteiger partial charge in [-0.15, -0.1) is 22.7 Å². The summed E-state index contributed by atoms with van der Waals surface area (Å²) in [5.41, 5.74) is 2.96. The standard InChI is InChI=1S/C21H15N3O2S2/c25-19(24-21-23-17(13-28-21)14-5-2-1-3-6-14)15-8-10-16(11-9-15)22-20(26)18-7-4-12-27-18/h1-13H,(H,22,26)(H,23,24,25). The quantitative estimate of drug-likeness (QED) is 0.468. The Morgan fingerprint density at radius 2 is 1.57 bits per heavy atom. The van der Waals surface area contributed by atoms with Crippen molar-refractivity contribution < 1.29 is 9.59 Å². The highest BCUT2D eigenvalue weighted by Gasteiger charge is 2.11. The maximum atomic E-state index is 12.4. The molecule has 0 bridgehead atoms. The maximum absolute atomic E-state index is 12.4. The molecular formula is C21H15N3O2S2. The first kappa shape index (κ1) is 18.1. The Bertz CT molecular complexity index is 1090. The number of hydrogen-bond donors (Lipinski definition) is 2. The summed E-state index contributed by atoms with van der Waals surface area (Å²) in [6.45, 7) is 0. The first-order valence-corrected chi connectivity index (χ1v) is 10.2. The number of benzene rings is 2. The van der Waals surface area contributed by atoms with E-state index in [0.717, 1.165) is 11.3 Å². The maximum Gasteiger partial charge on any atom is 0.265 e. The number of rotatable bonds is 5. The second kappa shape index (κ2) is 8.16. The highest BCUT2D eigenvalue weighted by Crippen LogP contribution is 2.25. The molecule has 0 spiro atoms. The Labute approximate surface area is 169 Å². The SMILES string of the molecule is O=C(Nc1nc(-c2ccccc2)cs1)c1ccc(NC(=O)c2cccs2)cc1. The number of aromatic nitrogens is 1. The molecule has 0 aliphatic heterocycles. The summed E-state index contributed by atoms with van der Waals surface area (Å²) in [6.07, 6.45) is 0. The van der Waals surface area contributed by atoms with Gasteiger partial charge in [-0.2, -0.15) is 0 Å². The predicted molar refractivity (Wildman–Crippen MR) is 114 cm³/mol. The molecule has 2 N–H and O–H groups in total. The number of hydrogen-bond acceptors (Lipinski definition) is 5. The second-order valence-corrected chi connectivity index (χ2v) is 7.67. The Morgan fingerprint density at radius 3 is 2.29 bits per heavy atom. The van der Waals surface area contributed by atoms with E-state index in [4.69, 9.17) is 0 Å². The van der Waals surface area contributed by atoms with Gasteiger partial charge in [-0.1, -0.05) is 36.4 Å². The summed E-state index contributed by atoms with van der Waals surface area (Å²) in [5, 5.41) is 9.93. The van der Waals surface area contributed by atoms with Gasteiger partial charge in [-0.3, -0.25) is 14.9 Å². The van der Waals surface area contributed by atoms with E-state index in [9.17, 15) is 9.59 Å². The number of thiophene rings is 1. The van der Waals surface area contributed by atoms with Gasteiger partial charge < -0.3 is 5.32 Å². The van der Waals surface area contributed by atoms with Gasteiger partial charge >= 0.3 is 0 Å². The van der Waals surface area contributed by atoms with Crippen molar-refractivity contribution in [1.82, 2.24) is 4.98 Å². The highest BCUT2D eigenvalue weighted by molar-refractivity contribution is 7.14. The van der Waals surface area contributed by atoms with Crippen LogP contribution in [0.1, 0.15) is 20.0 Å². The van der Waals surface area contributed by atoms with Crippen LogP contribution in [-0.2, 0) is 0 Å². The lowest BCUT2D eigenvalue weighted by atomic mass is 10.2. The van der Waals surface area contributed by atoms with Crippen LogP contribution in [0.5, 0.6) is 0 Å². The van der Waals surface area contributed by atoms with Gasteiger partial charge in [0, 0.05) is 22.2 Å². The fourth-order valence-corrected chi connectivity index (χ4v) is 3.88. The van der Waals surface area contributed by atoms with Gasteiger partial charge in [0.05, 0.1) is 10.6 Å². The van der Waals surface area contributed by atoms with E-state index >= 15 is 0 Å². The second-order valence-electron chi connectivity index (χ2n) is 5.87. The summed E-state index contributed by atoms with van der Waals surface area (Å²) >= 11 is 2.76. The zero-order valence-corrected chi connectivity index (χ0v) is 16.2. The number of anilines is 2. The minimum Gasteiger partial charge on any atom is -0.321 e. The van der Waals surface area contributed by atoms with Crippen LogP contribution < -0.4 is 10.6 Å². The first-order valence-electron chi connectivity index (χ1n) is 8.46. The molecule has 5 nitrogen and oxygen atoms in total. The number of nitrogens with zero attached hydrogens (tertiary/aromatic N) is 1. The molecule has 2 aromatic heterocycles. The molecular weight excluding hydrogens is 390 g/mol. The lowest BCUT2D eigenvalue weighted by molar-refractivity contribution is 0.102. The van der Waals surface area contributed by atoms with E-state index in [2.05, 4.69) is 15.6 Å². The summed E-state index contributed by atoms with van der Waals surface area (Å²) < 4.78 is 0. The highest BCUT2D eigenvalue weighted by atomic mass is 32.1. The van der Waals surface area contributed by atoms with Crippen LogP contribution in [0.15, 0.2) is 77.5 Å². The Kier molecular flexibility index (Phi) is 5.27. The van der Waals surface area contributed by atoms with E-state index in [1.165, 1.54) is 22.7 Å². The third kappa shape index (κ3) is 4.16. The van der Waals surface area contributed by atoms with Gasteiger partial charge in [-0.25, -0.2) is 4.98 Å². The minimum atomic E-state index is -0.245. The monoisotopic (exact) mass is 405 g/mol. The molecule has 4 rings (SSSR count). The van der Waals surface area contributed by atoms with Crippen molar-refractivity contribution in [2.75, 3.05) is 10.6 Å². The molecule has 0 saturated heterocycles. The number of thiazole rings is 1. The van der Waals surface area contributed by atoms with Gasteiger partial charge in [-0.05, 0) is 35.7 Å². The van der Waals surface area contributed by atoms with E-state index in [-0.39, 0.29) is 11.8 Å². The number of carbonyl (C=O) groups excluding carboxylic acids is 2. The minimum absolute atomic E-state index is 0.163. The van der Waals surface area contributed by atoms with Crippen molar-refractivity contribution in [3.05, 3.63) is 87.9 Å². The molecule has 0 aliphatic carbocycles. The number of amides is 2. The van der Waals surface area contributed by atoms with Crippen LogP contribution in [0.4, 0.5) is 10.8 Å². The van der Waals surface area contributed by atoms with Crippen LogP contribution in [-0.4, -0.2) is 16.8 Å². The van der Waals surface area contributed by atoms with Crippen molar-refractivity contribution in [1.29, 1.82) is 0 Å². The average molecular weight is 406 g/mol. The molecule has 4 aromatic rings. The van der Waals surface area contributed by atoms with Crippen LogP contribution >= 0.6 is 22.7 Å². The summed E-state index contributed by atoms with van der Waals surface area (Å²) in [5.74, 6) is -0.409. The lowest BCUT2D eigenvalue weighted by Gasteiger charge is -2.05. The van der Waals surface area contributed by atoms with Crippen molar-refractivity contribution in [2.24, 2.45) is 0 Å². The van der Waals surface area contributed by atoms with Crippen molar-refractivity contribution in [2.45, 2.75) is 0 Å². The van der Waals surface area contributed by atoms with Gasteiger partial charge in [0.25, 0.3) is 11.8 Å². The first-order chi connectivity index (χ1) is 13.7. The van der Waals surface area contributed by atoms with Crippen molar-refractivity contribution in [3.63, 3.8) is 0 Å². The molecule has 2 aromatic carbocycles. The smallest absolute Gasteiger partial charge is 0.265 e. The normalized spacial score (nSPS) is 10.4. The molecule has 0 saturated carbocycles. The Morgan fingerprint density at radius 1 is 0.786 bits per heavy atom. The van der Waals surface area contributed by atoms with Crippen molar-refractivity contribution >= 4 is 45.3 Å². The van der Waals surface area contributed by atoms with E-state index < -0.39 is 0 Å². The van der Waals surface area contributed by atoms with Gasteiger partial charge in [0.15, 0.2) is 5.13 Å². The molecule has 0 fully saturated rings. The molecule has 0 atom stereocenters. The zero-order valence-electron chi connectivity index (χ0n) is 14.6. The van der Waals surface area contributed by atoms with Crippen LogP contribution in [0, 0.1) is 0 Å². The Hall–Kier alpha value is -3.29. The number of nitrogens with one attached hydrogen (secondary N) is 2. The summed E-state index contributed by atoms with van der Waals surface area (Å²) in [4.78, 5) is 29.6. The number of carbonyl (C=O) groups is 2. The van der Waals surface area contributed by atoms with E-state index in [1.807, 2.05) is 47.2 Å². The molecule has 28 heavy (non-hydrogen) atoms. The molecule has 0 unspecified atom stereocenters. The fraction of sp³-hybridized carbons (Fsp3) is 0. The molecule has 138 valence electrons. The molecule has 0 aliphatic rings.